The molecule has 0 rings (SSSR count). The summed E-state index contributed by atoms with van der Waals surface area (Å²) in [6.07, 6.45) is 51.4. The summed E-state index contributed by atoms with van der Waals surface area (Å²) in [6.45, 7) is 4.53. The van der Waals surface area contributed by atoms with Gasteiger partial charge in [-0.15, -0.1) is 0 Å². The second-order valence-corrected chi connectivity index (χ2v) is 17.7. The van der Waals surface area contributed by atoms with Gasteiger partial charge in [-0.05, 0) is 57.8 Å². The molecule has 2 unspecified atom stereocenters. The van der Waals surface area contributed by atoms with Crippen LogP contribution in [0, 0.1) is 0 Å². The van der Waals surface area contributed by atoms with Crippen molar-refractivity contribution in [1.82, 2.24) is 0 Å². The van der Waals surface area contributed by atoms with Gasteiger partial charge in [0, 0.05) is 19.3 Å². The van der Waals surface area contributed by atoms with Crippen molar-refractivity contribution in [3.8, 4) is 0 Å². The van der Waals surface area contributed by atoms with E-state index in [9.17, 15) is 19.5 Å². The maximum atomic E-state index is 12.8. The van der Waals surface area contributed by atoms with Crippen molar-refractivity contribution in [2.75, 3.05) is 41.0 Å². The summed E-state index contributed by atoms with van der Waals surface area (Å²) in [6, 6.07) is -0.729. The van der Waals surface area contributed by atoms with E-state index in [4.69, 9.17) is 14.2 Å². The van der Waals surface area contributed by atoms with Crippen molar-refractivity contribution in [3.05, 3.63) is 48.6 Å². The van der Waals surface area contributed by atoms with Crippen molar-refractivity contribution in [1.29, 1.82) is 0 Å². The Morgan fingerprint density at radius 2 is 0.950 bits per heavy atom. The molecule has 2 atom stereocenters. The van der Waals surface area contributed by atoms with Crippen molar-refractivity contribution < 1.29 is 38.2 Å². The normalized spacial score (nSPS) is 13.3. The predicted octanol–water partition coefficient (Wildman–Crippen LogP) is 12.6. The molecule has 0 N–H and O–H groups in total. The summed E-state index contributed by atoms with van der Waals surface area (Å²) in [5, 5.41) is 11.6. The van der Waals surface area contributed by atoms with E-state index < -0.39 is 18.1 Å². The van der Waals surface area contributed by atoms with E-state index in [1.807, 2.05) is 0 Å². The molecule has 0 aromatic rings. The molecule has 60 heavy (non-hydrogen) atoms. The smallest absolute Gasteiger partial charge is 0.306 e. The second kappa shape index (κ2) is 43.0. The number of carboxylic acids is 1. The highest BCUT2D eigenvalue weighted by Gasteiger charge is 2.25. The molecule has 8 heteroatoms. The van der Waals surface area contributed by atoms with Gasteiger partial charge in [0.1, 0.15) is 12.6 Å². The molecular formula is C52H93NO7. The fourth-order valence-corrected chi connectivity index (χ4v) is 7.18. The fraction of sp³-hybridized carbons (Fsp3) is 0.788. The number of esters is 2. The van der Waals surface area contributed by atoms with E-state index in [-0.39, 0.29) is 42.7 Å². The Labute approximate surface area is 369 Å². The zero-order valence-electron chi connectivity index (χ0n) is 39.6. The summed E-state index contributed by atoms with van der Waals surface area (Å²) in [5.41, 5.74) is 0. The minimum absolute atomic E-state index is 0.0349. The lowest BCUT2D eigenvalue weighted by Gasteiger charge is -2.34. The SMILES string of the molecule is CC/C=C/C=C/C=C/CCCCCCCCCC(=O)OCC(COCCC(C(=O)[O-])[N+](C)(C)C)OC(=O)CCCCCCCCC/C=C/CCCCCCCCCCCC. The van der Waals surface area contributed by atoms with E-state index in [1.165, 1.54) is 128 Å². The molecule has 0 aromatic heterocycles. The molecule has 0 saturated heterocycles. The average molecular weight is 844 g/mol. The van der Waals surface area contributed by atoms with Gasteiger partial charge in [-0.1, -0.05) is 184 Å². The van der Waals surface area contributed by atoms with E-state index in [1.54, 1.807) is 21.1 Å². The van der Waals surface area contributed by atoms with E-state index in [0.29, 0.717) is 12.8 Å². The third kappa shape index (κ3) is 40.7. The molecule has 0 spiro atoms. The van der Waals surface area contributed by atoms with Gasteiger partial charge in [0.2, 0.25) is 0 Å². The summed E-state index contributed by atoms with van der Waals surface area (Å²) >= 11 is 0. The van der Waals surface area contributed by atoms with Gasteiger partial charge in [-0.25, -0.2) is 0 Å². The van der Waals surface area contributed by atoms with Crippen molar-refractivity contribution >= 4 is 17.9 Å². The number of aliphatic carboxylic acids is 1. The predicted molar refractivity (Wildman–Crippen MR) is 250 cm³/mol. The number of quaternary nitrogens is 1. The minimum atomic E-state index is -1.13. The number of carboxylic acid groups (broad SMARTS) is 1. The zero-order valence-corrected chi connectivity index (χ0v) is 39.6. The molecule has 8 nitrogen and oxygen atoms in total. The van der Waals surface area contributed by atoms with Gasteiger partial charge >= 0.3 is 11.9 Å². The minimum Gasteiger partial charge on any atom is -0.544 e. The standard InChI is InChI=1S/C52H93NO7/c1-6-8-10-12-14-16-18-20-22-23-24-25-26-27-29-31-33-35-37-39-41-43-51(55)60-48(46-58-45-44-49(52(56)57)53(3,4)5)47-59-50(54)42-40-38-36-34-32-30-28-21-19-17-15-13-11-9-7-2/h9,11,13,15,17,19,25-26,48-49H,6-8,10,12,14,16,18,20-24,27-47H2,1-5H3/b11-9+,15-13+,19-17+,26-25+. The highest BCUT2D eigenvalue weighted by molar-refractivity contribution is 5.70. The van der Waals surface area contributed by atoms with E-state index >= 15 is 0 Å². The van der Waals surface area contributed by atoms with E-state index in [2.05, 4.69) is 62.5 Å². The van der Waals surface area contributed by atoms with Gasteiger partial charge < -0.3 is 28.6 Å². The van der Waals surface area contributed by atoms with Crippen LogP contribution in [0.25, 0.3) is 0 Å². The van der Waals surface area contributed by atoms with Crippen LogP contribution in [0.1, 0.15) is 213 Å². The molecule has 0 radical (unpaired) electrons. The number of allylic oxidation sites excluding steroid dienone is 8. The Kier molecular flexibility index (Phi) is 41.0. The molecule has 0 aliphatic carbocycles. The Balaban J connectivity index is 4.26. The number of hydrogen-bond acceptors (Lipinski definition) is 7. The second-order valence-electron chi connectivity index (χ2n) is 17.7. The molecule has 0 aliphatic rings. The first-order valence-corrected chi connectivity index (χ1v) is 24.7. The Bertz CT molecular complexity index is 1120. The van der Waals surface area contributed by atoms with Crippen molar-refractivity contribution in [2.24, 2.45) is 0 Å². The average Bonchev–Trinajstić information content (AvgIpc) is 3.21. The monoisotopic (exact) mass is 844 g/mol. The third-order valence-corrected chi connectivity index (χ3v) is 11.0. The van der Waals surface area contributed by atoms with Gasteiger partial charge in [0.15, 0.2) is 6.10 Å². The summed E-state index contributed by atoms with van der Waals surface area (Å²) < 4.78 is 17.2. The Morgan fingerprint density at radius 3 is 1.42 bits per heavy atom. The van der Waals surface area contributed by atoms with Gasteiger partial charge in [0.05, 0.1) is 40.3 Å². The zero-order chi connectivity index (χ0) is 44.2. The first-order valence-electron chi connectivity index (χ1n) is 24.7. The highest BCUT2D eigenvalue weighted by Crippen LogP contribution is 2.15. The van der Waals surface area contributed by atoms with Crippen LogP contribution in [0.15, 0.2) is 48.6 Å². The maximum absolute atomic E-state index is 12.8. The number of likely N-dealkylation sites (N-methyl/N-ethyl adjacent to an activating group) is 1. The van der Waals surface area contributed by atoms with Crippen LogP contribution >= 0.6 is 0 Å². The summed E-state index contributed by atoms with van der Waals surface area (Å²) in [7, 11) is 5.41. The summed E-state index contributed by atoms with van der Waals surface area (Å²) in [5.74, 6) is -1.75. The number of unbranched alkanes of at least 4 members (excludes halogenated alkanes) is 24. The highest BCUT2D eigenvalue weighted by atomic mass is 16.6. The fourth-order valence-electron chi connectivity index (χ4n) is 7.18. The largest absolute Gasteiger partial charge is 0.544 e. The molecule has 0 bridgehead atoms. The van der Waals surface area contributed by atoms with Gasteiger partial charge in [-0.2, -0.15) is 0 Å². The van der Waals surface area contributed by atoms with Crippen LogP contribution in [0.4, 0.5) is 0 Å². The van der Waals surface area contributed by atoms with Crippen LogP contribution in [-0.2, 0) is 28.6 Å². The van der Waals surface area contributed by atoms with Crippen LogP contribution in [-0.4, -0.2) is 75.5 Å². The van der Waals surface area contributed by atoms with Crippen LogP contribution in [0.5, 0.6) is 0 Å². The lowest BCUT2D eigenvalue weighted by Crippen LogP contribution is -2.55. The molecule has 0 saturated carbocycles. The first kappa shape index (κ1) is 57.3. The number of nitrogens with zero attached hydrogens (tertiary/aromatic N) is 1. The molecule has 0 heterocycles. The lowest BCUT2D eigenvalue weighted by molar-refractivity contribution is -0.889. The van der Waals surface area contributed by atoms with E-state index in [0.717, 1.165) is 51.4 Å². The number of hydrogen-bond donors (Lipinski definition) is 0. The molecule has 0 amide bonds. The van der Waals surface area contributed by atoms with Crippen LogP contribution in [0.2, 0.25) is 0 Å². The molecular weight excluding hydrogens is 751 g/mol. The number of rotatable bonds is 44. The maximum Gasteiger partial charge on any atom is 0.306 e. The number of carbonyl (C=O) groups is 3. The lowest BCUT2D eigenvalue weighted by atomic mass is 10.1. The third-order valence-electron chi connectivity index (χ3n) is 11.0. The Morgan fingerprint density at radius 1 is 0.517 bits per heavy atom. The Hall–Kier alpha value is -2.71. The molecule has 0 fully saturated rings. The summed E-state index contributed by atoms with van der Waals surface area (Å²) in [4.78, 5) is 37.0. The molecule has 0 aliphatic heterocycles. The first-order chi connectivity index (χ1) is 29.1. The van der Waals surface area contributed by atoms with Crippen molar-refractivity contribution in [2.45, 2.75) is 225 Å². The van der Waals surface area contributed by atoms with Crippen molar-refractivity contribution in [3.63, 3.8) is 0 Å². The number of ether oxygens (including phenoxy) is 3. The topological polar surface area (TPSA) is 102 Å². The van der Waals surface area contributed by atoms with Gasteiger partial charge in [0.25, 0.3) is 0 Å². The van der Waals surface area contributed by atoms with Crippen LogP contribution in [0.3, 0.4) is 0 Å². The number of carbonyl (C=O) groups excluding carboxylic acids is 3. The molecule has 0 aromatic carbocycles. The molecule has 348 valence electrons. The van der Waals surface area contributed by atoms with Crippen LogP contribution < -0.4 is 5.11 Å². The van der Waals surface area contributed by atoms with Gasteiger partial charge in [-0.3, -0.25) is 9.59 Å². The quantitative estimate of drug-likeness (QED) is 0.0198.